The molecule has 0 N–H and O–H groups in total. The normalized spacial score (nSPS) is 14.4. The van der Waals surface area contributed by atoms with Crippen molar-refractivity contribution in [1.82, 2.24) is 9.88 Å². The summed E-state index contributed by atoms with van der Waals surface area (Å²) in [7, 11) is 1.60. The van der Waals surface area contributed by atoms with Crippen LogP contribution < -0.4 is 14.4 Å². The number of carbonyl (C=O) groups is 1. The molecule has 0 atom stereocenters. The van der Waals surface area contributed by atoms with Crippen LogP contribution in [0.3, 0.4) is 0 Å². The van der Waals surface area contributed by atoms with Gasteiger partial charge in [0.2, 0.25) is 0 Å². The maximum atomic E-state index is 12.5. The Labute approximate surface area is 172 Å². The first-order valence-corrected chi connectivity index (χ1v) is 10.2. The van der Waals surface area contributed by atoms with E-state index in [4.69, 9.17) is 21.1 Å². The predicted molar refractivity (Wildman–Crippen MR) is 112 cm³/mol. The molecule has 0 unspecified atom stereocenters. The first-order valence-electron chi connectivity index (χ1n) is 8.98. The van der Waals surface area contributed by atoms with Gasteiger partial charge in [0.1, 0.15) is 11.5 Å². The highest BCUT2D eigenvalue weighted by atomic mass is 35.5. The van der Waals surface area contributed by atoms with Crippen molar-refractivity contribution >= 4 is 44.2 Å². The van der Waals surface area contributed by atoms with E-state index >= 15 is 0 Å². The summed E-state index contributed by atoms with van der Waals surface area (Å²) < 4.78 is 11.9. The number of hydrogen-bond donors (Lipinski definition) is 0. The van der Waals surface area contributed by atoms with Crippen molar-refractivity contribution in [2.24, 2.45) is 0 Å². The van der Waals surface area contributed by atoms with Gasteiger partial charge in [-0.3, -0.25) is 4.79 Å². The van der Waals surface area contributed by atoms with Crippen LogP contribution in [0.2, 0.25) is 5.02 Å². The van der Waals surface area contributed by atoms with E-state index in [0.717, 1.165) is 28.4 Å². The molecule has 2 aromatic carbocycles. The van der Waals surface area contributed by atoms with Crippen molar-refractivity contribution in [2.45, 2.75) is 0 Å². The number of nitrogens with zero attached hydrogens (tertiary/aromatic N) is 3. The summed E-state index contributed by atoms with van der Waals surface area (Å²) >= 11 is 7.69. The summed E-state index contributed by atoms with van der Waals surface area (Å²) in [4.78, 5) is 21.2. The number of piperazine rings is 1. The van der Waals surface area contributed by atoms with Crippen LogP contribution >= 0.6 is 22.9 Å². The van der Waals surface area contributed by atoms with E-state index in [1.54, 1.807) is 24.5 Å². The topological polar surface area (TPSA) is 54.9 Å². The average Bonchev–Trinajstić information content (AvgIpc) is 3.15. The molecular weight excluding hydrogens is 398 g/mol. The lowest BCUT2D eigenvalue weighted by molar-refractivity contribution is -0.133. The average molecular weight is 418 g/mol. The Kier molecular flexibility index (Phi) is 5.54. The quantitative estimate of drug-likeness (QED) is 0.633. The molecule has 1 amide bonds. The number of benzene rings is 2. The third kappa shape index (κ3) is 4.15. The second-order valence-electron chi connectivity index (χ2n) is 6.44. The number of hydrogen-bond acceptors (Lipinski definition) is 6. The van der Waals surface area contributed by atoms with E-state index in [9.17, 15) is 4.79 Å². The van der Waals surface area contributed by atoms with Gasteiger partial charge in [0.25, 0.3) is 5.91 Å². The number of methoxy groups -OCH3 is 1. The highest BCUT2D eigenvalue weighted by molar-refractivity contribution is 7.22. The molecule has 0 bridgehead atoms. The number of fused-ring (bicyclic) bond motifs is 1. The largest absolute Gasteiger partial charge is 0.497 e. The van der Waals surface area contributed by atoms with Crippen LogP contribution in [0.4, 0.5) is 5.13 Å². The number of rotatable bonds is 5. The molecule has 6 nitrogen and oxygen atoms in total. The number of aromatic nitrogens is 1. The van der Waals surface area contributed by atoms with Crippen molar-refractivity contribution in [2.75, 3.05) is 44.8 Å². The van der Waals surface area contributed by atoms with E-state index in [0.29, 0.717) is 29.6 Å². The van der Waals surface area contributed by atoms with Gasteiger partial charge in [-0.15, -0.1) is 0 Å². The van der Waals surface area contributed by atoms with Crippen molar-refractivity contribution < 1.29 is 14.3 Å². The van der Waals surface area contributed by atoms with E-state index in [-0.39, 0.29) is 12.5 Å². The van der Waals surface area contributed by atoms with Gasteiger partial charge < -0.3 is 19.3 Å². The Balaban J connectivity index is 1.32. The Morgan fingerprint density at radius 3 is 2.71 bits per heavy atom. The molecule has 1 aliphatic heterocycles. The molecule has 0 aliphatic carbocycles. The van der Waals surface area contributed by atoms with Crippen molar-refractivity contribution in [3.05, 3.63) is 47.5 Å². The molecule has 28 heavy (non-hydrogen) atoms. The number of amides is 1. The second kappa shape index (κ2) is 8.24. The fourth-order valence-electron chi connectivity index (χ4n) is 3.10. The van der Waals surface area contributed by atoms with Gasteiger partial charge in [0.05, 0.1) is 17.3 Å². The number of ether oxygens (including phenoxy) is 2. The summed E-state index contributed by atoms with van der Waals surface area (Å²) in [5, 5.41) is 1.69. The third-order valence-corrected chi connectivity index (χ3v) is 5.96. The van der Waals surface area contributed by atoms with Crippen molar-refractivity contribution in [3.8, 4) is 11.5 Å². The highest BCUT2D eigenvalue weighted by Crippen LogP contribution is 2.31. The highest BCUT2D eigenvalue weighted by Gasteiger charge is 2.23. The van der Waals surface area contributed by atoms with Gasteiger partial charge in [0, 0.05) is 37.3 Å². The van der Waals surface area contributed by atoms with E-state index in [2.05, 4.69) is 9.88 Å². The molecule has 146 valence electrons. The van der Waals surface area contributed by atoms with Gasteiger partial charge in [-0.2, -0.15) is 0 Å². The summed E-state index contributed by atoms with van der Waals surface area (Å²) in [6.45, 7) is 2.82. The first-order chi connectivity index (χ1) is 13.6. The maximum Gasteiger partial charge on any atom is 0.260 e. The molecule has 0 saturated carbocycles. The molecule has 0 radical (unpaired) electrons. The molecule has 4 rings (SSSR count). The fourth-order valence-corrected chi connectivity index (χ4v) is 4.39. The van der Waals surface area contributed by atoms with Crippen LogP contribution in [-0.4, -0.2) is 55.7 Å². The summed E-state index contributed by atoms with van der Waals surface area (Å²) in [5.74, 6) is 1.31. The number of halogens is 1. The SMILES string of the molecule is COc1cccc(OCC(=O)N2CCN(c3nc4ccc(Cl)cc4s3)CC2)c1. The Morgan fingerprint density at radius 2 is 1.93 bits per heavy atom. The Hall–Kier alpha value is -2.51. The lowest BCUT2D eigenvalue weighted by atomic mass is 10.3. The fraction of sp³-hybridized carbons (Fsp3) is 0.300. The molecule has 2 heterocycles. The number of anilines is 1. The van der Waals surface area contributed by atoms with Gasteiger partial charge in [-0.05, 0) is 30.3 Å². The predicted octanol–water partition coefficient (Wildman–Crippen LogP) is 3.69. The minimum Gasteiger partial charge on any atom is -0.497 e. The zero-order valence-electron chi connectivity index (χ0n) is 15.4. The molecule has 1 fully saturated rings. The lowest BCUT2D eigenvalue weighted by Gasteiger charge is -2.34. The van der Waals surface area contributed by atoms with Crippen LogP contribution in [0.5, 0.6) is 11.5 Å². The summed E-state index contributed by atoms with van der Waals surface area (Å²) in [6.07, 6.45) is 0. The maximum absolute atomic E-state index is 12.5. The van der Waals surface area contributed by atoms with Gasteiger partial charge in [0.15, 0.2) is 11.7 Å². The first kappa shape index (κ1) is 18.8. The van der Waals surface area contributed by atoms with Crippen molar-refractivity contribution in [1.29, 1.82) is 0 Å². The van der Waals surface area contributed by atoms with Crippen LogP contribution in [0, 0.1) is 0 Å². The summed E-state index contributed by atoms with van der Waals surface area (Å²) in [5.41, 5.74) is 0.953. The molecular formula is C20H20ClN3O3S. The van der Waals surface area contributed by atoms with E-state index in [1.165, 1.54) is 0 Å². The molecule has 1 saturated heterocycles. The van der Waals surface area contributed by atoms with Crippen LogP contribution in [0.1, 0.15) is 0 Å². The van der Waals surface area contributed by atoms with Crippen LogP contribution in [-0.2, 0) is 4.79 Å². The minimum absolute atomic E-state index is 0.0152. The molecule has 8 heteroatoms. The third-order valence-electron chi connectivity index (χ3n) is 4.65. The monoisotopic (exact) mass is 417 g/mol. The van der Waals surface area contributed by atoms with Gasteiger partial charge in [-0.1, -0.05) is 29.0 Å². The standard InChI is InChI=1S/C20H20ClN3O3S/c1-26-15-3-2-4-16(12-15)27-13-19(25)23-7-9-24(10-8-23)20-22-17-6-5-14(21)11-18(17)28-20/h2-6,11-12H,7-10,13H2,1H3. The van der Waals surface area contributed by atoms with Crippen molar-refractivity contribution in [3.63, 3.8) is 0 Å². The zero-order chi connectivity index (χ0) is 19.5. The summed E-state index contributed by atoms with van der Waals surface area (Å²) in [6, 6.07) is 13.0. The molecule has 3 aromatic rings. The number of carbonyl (C=O) groups excluding carboxylic acids is 1. The lowest BCUT2D eigenvalue weighted by Crippen LogP contribution is -2.50. The molecule has 1 aromatic heterocycles. The van der Waals surface area contributed by atoms with Crippen LogP contribution in [0.25, 0.3) is 10.2 Å². The smallest absolute Gasteiger partial charge is 0.260 e. The van der Waals surface area contributed by atoms with Crippen LogP contribution in [0.15, 0.2) is 42.5 Å². The Bertz CT molecular complexity index is 986. The zero-order valence-corrected chi connectivity index (χ0v) is 17.0. The number of thiazole rings is 1. The van der Waals surface area contributed by atoms with E-state index < -0.39 is 0 Å². The van der Waals surface area contributed by atoms with E-state index in [1.807, 2.05) is 41.3 Å². The molecule has 1 aliphatic rings. The second-order valence-corrected chi connectivity index (χ2v) is 7.89. The molecule has 0 spiro atoms. The minimum atomic E-state index is -0.0152. The Morgan fingerprint density at radius 1 is 1.14 bits per heavy atom. The van der Waals surface area contributed by atoms with Gasteiger partial charge in [-0.25, -0.2) is 4.98 Å². The van der Waals surface area contributed by atoms with Gasteiger partial charge >= 0.3 is 0 Å².